The van der Waals surface area contributed by atoms with Gasteiger partial charge in [-0.05, 0) is 6.42 Å². The van der Waals surface area contributed by atoms with Crippen molar-refractivity contribution in [2.75, 3.05) is 6.61 Å². The molecule has 92 valence electrons. The molecule has 0 aromatic carbocycles. The summed E-state index contributed by atoms with van der Waals surface area (Å²) in [4.78, 5) is 11.0. The molecule has 0 aromatic heterocycles. The fourth-order valence-electron chi connectivity index (χ4n) is 2.00. The van der Waals surface area contributed by atoms with Gasteiger partial charge in [0.15, 0.2) is 6.10 Å². The fraction of sp³-hybridized carbons (Fsp3) is 0.889. The third-order valence-electron chi connectivity index (χ3n) is 2.95. The van der Waals surface area contributed by atoms with Crippen molar-refractivity contribution >= 4 is 14.8 Å². The van der Waals surface area contributed by atoms with E-state index < -0.39 is 33.1 Å². The van der Waals surface area contributed by atoms with Crippen LogP contribution in [-0.4, -0.2) is 49.9 Å². The van der Waals surface area contributed by atoms with E-state index in [0.717, 1.165) is 0 Å². The second-order valence-electron chi connectivity index (χ2n) is 4.42. The molecule has 0 aliphatic carbocycles. The summed E-state index contributed by atoms with van der Waals surface area (Å²) in [6, 6.07) is 0. The van der Waals surface area contributed by atoms with E-state index in [4.69, 9.17) is 18.4 Å². The van der Waals surface area contributed by atoms with Crippen LogP contribution in [0.4, 0.5) is 0 Å². The van der Waals surface area contributed by atoms with Gasteiger partial charge in [0, 0.05) is 12.1 Å². The third-order valence-corrected chi connectivity index (χ3v) is 6.19. The van der Waals surface area contributed by atoms with E-state index in [1.54, 1.807) is 0 Å². The molecule has 2 aliphatic rings. The molecule has 0 aromatic rings. The van der Waals surface area contributed by atoms with E-state index in [2.05, 4.69) is 0 Å². The van der Waals surface area contributed by atoms with E-state index in [1.165, 1.54) is 0 Å². The molecule has 4 unspecified atom stereocenters. The Hall–Kier alpha value is -0.473. The maximum Gasteiger partial charge on any atom is 0.504 e. The van der Waals surface area contributed by atoms with Crippen LogP contribution in [0.2, 0.25) is 5.54 Å². The summed E-state index contributed by atoms with van der Waals surface area (Å²) >= 11 is 0. The van der Waals surface area contributed by atoms with Gasteiger partial charge < -0.3 is 23.5 Å². The van der Waals surface area contributed by atoms with E-state index >= 15 is 0 Å². The zero-order valence-electron chi connectivity index (χ0n) is 9.25. The quantitative estimate of drug-likeness (QED) is 0.668. The van der Waals surface area contributed by atoms with E-state index in [9.17, 15) is 9.90 Å². The van der Waals surface area contributed by atoms with Crippen LogP contribution >= 0.6 is 0 Å². The van der Waals surface area contributed by atoms with Crippen molar-refractivity contribution in [2.24, 2.45) is 0 Å². The minimum atomic E-state index is -2.92. The number of aliphatic hydroxyl groups excluding tert-OH is 1. The Morgan fingerprint density at radius 2 is 2.12 bits per heavy atom. The number of carboxylic acid groups (broad SMARTS) is 1. The number of aliphatic hydroxyl groups is 1. The highest BCUT2D eigenvalue weighted by Crippen LogP contribution is 2.37. The Labute approximate surface area is 94.5 Å². The average Bonchev–Trinajstić information content (AvgIpc) is 2.23. The minimum absolute atomic E-state index is 0.00958. The maximum atomic E-state index is 11.0. The standard InChI is InChI=1S/C9H16O6Si/c1-5(2)16-13-4-3-6(14-16)7(10)8(15-16)9(11)12/h5-8,10H,3-4H2,1-2H3,(H,11,12). The highest BCUT2D eigenvalue weighted by Gasteiger charge is 2.59. The number of aliphatic carboxylic acids is 1. The molecule has 6 nitrogen and oxygen atoms in total. The van der Waals surface area contributed by atoms with Gasteiger partial charge in [-0.15, -0.1) is 0 Å². The fourth-order valence-corrected chi connectivity index (χ4v) is 4.75. The van der Waals surface area contributed by atoms with Crippen LogP contribution in [0.1, 0.15) is 20.3 Å². The number of carboxylic acids is 1. The molecule has 0 amide bonds. The molecule has 2 N–H and O–H groups in total. The summed E-state index contributed by atoms with van der Waals surface area (Å²) in [6.07, 6.45) is -2.30. The van der Waals surface area contributed by atoms with Gasteiger partial charge >= 0.3 is 14.8 Å². The summed E-state index contributed by atoms with van der Waals surface area (Å²) in [7, 11) is -2.92. The Morgan fingerprint density at radius 3 is 2.69 bits per heavy atom. The second-order valence-corrected chi connectivity index (χ2v) is 7.54. The molecule has 2 heterocycles. The van der Waals surface area contributed by atoms with Gasteiger partial charge in [-0.3, -0.25) is 0 Å². The van der Waals surface area contributed by atoms with Gasteiger partial charge in [-0.2, -0.15) is 0 Å². The summed E-state index contributed by atoms with van der Waals surface area (Å²) in [6.45, 7) is 4.22. The lowest BCUT2D eigenvalue weighted by atomic mass is 10.1. The molecule has 2 bridgehead atoms. The van der Waals surface area contributed by atoms with Gasteiger partial charge in [0.2, 0.25) is 0 Å². The van der Waals surface area contributed by atoms with Crippen LogP contribution < -0.4 is 0 Å². The molecule has 16 heavy (non-hydrogen) atoms. The first-order chi connectivity index (χ1) is 7.46. The molecule has 0 spiro atoms. The van der Waals surface area contributed by atoms with E-state index in [1.807, 2.05) is 13.8 Å². The van der Waals surface area contributed by atoms with Gasteiger partial charge in [0.25, 0.3) is 0 Å². The van der Waals surface area contributed by atoms with Crippen molar-refractivity contribution < 1.29 is 28.3 Å². The van der Waals surface area contributed by atoms with Crippen molar-refractivity contribution in [2.45, 2.75) is 44.1 Å². The van der Waals surface area contributed by atoms with Gasteiger partial charge in [-0.25, -0.2) is 4.79 Å². The maximum absolute atomic E-state index is 11.0. The number of rotatable bonds is 2. The van der Waals surface area contributed by atoms with E-state index in [-0.39, 0.29) is 5.54 Å². The molecule has 2 fully saturated rings. The summed E-state index contributed by atoms with van der Waals surface area (Å²) in [5, 5.41) is 18.8. The summed E-state index contributed by atoms with van der Waals surface area (Å²) in [5.41, 5.74) is -0.00958. The molecule has 0 radical (unpaired) electrons. The number of carbonyl (C=O) groups is 1. The molecule has 0 saturated carbocycles. The first-order valence-corrected chi connectivity index (χ1v) is 7.17. The Kier molecular flexibility index (Phi) is 3.06. The largest absolute Gasteiger partial charge is 0.504 e. The first-order valence-electron chi connectivity index (χ1n) is 5.37. The second kappa shape index (κ2) is 4.08. The highest BCUT2D eigenvalue weighted by atomic mass is 28.4. The van der Waals surface area contributed by atoms with Crippen LogP contribution in [0.5, 0.6) is 0 Å². The lowest BCUT2D eigenvalue weighted by molar-refractivity contribution is -0.187. The molecular formula is C9H16O6Si. The number of hydrogen-bond donors (Lipinski definition) is 2. The van der Waals surface area contributed by atoms with Gasteiger partial charge in [-0.1, -0.05) is 13.8 Å². The van der Waals surface area contributed by atoms with Crippen molar-refractivity contribution in [3.63, 3.8) is 0 Å². The zero-order valence-corrected chi connectivity index (χ0v) is 10.3. The first kappa shape index (κ1) is 12.0. The van der Waals surface area contributed by atoms with Crippen LogP contribution in [-0.2, 0) is 18.1 Å². The van der Waals surface area contributed by atoms with Gasteiger partial charge in [0.05, 0.1) is 6.10 Å². The average molecular weight is 248 g/mol. The normalized spacial score (nSPS) is 43.4. The number of fused-ring (bicyclic) bond motifs is 2. The molecule has 2 aliphatic heterocycles. The monoisotopic (exact) mass is 248 g/mol. The van der Waals surface area contributed by atoms with Crippen LogP contribution in [0, 0.1) is 0 Å². The molecule has 2 saturated heterocycles. The number of hydrogen-bond acceptors (Lipinski definition) is 5. The van der Waals surface area contributed by atoms with Crippen molar-refractivity contribution in [3.05, 3.63) is 0 Å². The van der Waals surface area contributed by atoms with Crippen molar-refractivity contribution in [1.82, 2.24) is 0 Å². The summed E-state index contributed by atoms with van der Waals surface area (Å²) < 4.78 is 16.6. The van der Waals surface area contributed by atoms with Crippen LogP contribution in [0.25, 0.3) is 0 Å². The Bertz CT molecular complexity index is 296. The van der Waals surface area contributed by atoms with Crippen LogP contribution in [0.15, 0.2) is 0 Å². The molecule has 4 atom stereocenters. The summed E-state index contributed by atoms with van der Waals surface area (Å²) in [5.74, 6) is -1.16. The van der Waals surface area contributed by atoms with Crippen molar-refractivity contribution in [3.8, 4) is 0 Å². The molecule has 2 rings (SSSR count). The lowest BCUT2D eigenvalue weighted by Gasteiger charge is -2.48. The Balaban J connectivity index is 2.26. The Morgan fingerprint density at radius 1 is 1.44 bits per heavy atom. The predicted molar refractivity (Wildman–Crippen MR) is 54.8 cm³/mol. The minimum Gasteiger partial charge on any atom is -0.479 e. The van der Waals surface area contributed by atoms with E-state index in [0.29, 0.717) is 13.0 Å². The van der Waals surface area contributed by atoms with Gasteiger partial charge in [0.1, 0.15) is 6.10 Å². The molecule has 7 heteroatoms. The highest BCUT2D eigenvalue weighted by molar-refractivity contribution is 6.62. The smallest absolute Gasteiger partial charge is 0.479 e. The third kappa shape index (κ3) is 1.78. The van der Waals surface area contributed by atoms with Crippen LogP contribution in [0.3, 0.4) is 0 Å². The van der Waals surface area contributed by atoms with Crippen molar-refractivity contribution in [1.29, 1.82) is 0 Å². The zero-order chi connectivity index (χ0) is 11.9. The lowest BCUT2D eigenvalue weighted by Crippen LogP contribution is -2.67. The predicted octanol–water partition coefficient (Wildman–Crippen LogP) is -0.0149. The topological polar surface area (TPSA) is 85.2 Å². The SMILES string of the molecule is CC(C)[Si]12OCCC(O1)C(O)C(C(=O)O)O2. The molecular weight excluding hydrogens is 232 g/mol.